The monoisotopic (exact) mass is 333 g/mol. The van der Waals surface area contributed by atoms with Crippen LogP contribution in [0.15, 0.2) is 42.6 Å². The largest absolute Gasteiger partial charge is 0.348 e. The molecule has 3 saturated heterocycles. The molecule has 0 spiro atoms. The lowest BCUT2D eigenvalue weighted by Gasteiger charge is -2.44. The fourth-order valence-electron chi connectivity index (χ4n) is 4.61. The molecule has 3 aliphatic heterocycles. The molecule has 128 valence electrons. The third-order valence-corrected chi connectivity index (χ3v) is 6.03. The van der Waals surface area contributed by atoms with Gasteiger partial charge in [-0.2, -0.15) is 0 Å². The number of fused-ring (bicyclic) bond motifs is 6. The third-order valence-electron chi connectivity index (χ3n) is 6.03. The Hall–Kier alpha value is -2.33. The van der Waals surface area contributed by atoms with Crippen molar-refractivity contribution < 1.29 is 4.79 Å². The van der Waals surface area contributed by atoms with Gasteiger partial charge in [-0.1, -0.05) is 18.2 Å². The number of carbonyl (C=O) groups excluding carboxylic acids is 1. The third kappa shape index (κ3) is 2.44. The number of hydrogen-bond acceptors (Lipinski definition) is 2. The molecule has 2 bridgehead atoms. The zero-order valence-electron chi connectivity index (χ0n) is 14.5. The summed E-state index contributed by atoms with van der Waals surface area (Å²) in [4.78, 5) is 15.3. The number of piperidine rings is 3. The second-order valence-corrected chi connectivity index (χ2v) is 7.59. The molecule has 2 aromatic heterocycles. The molecule has 1 N–H and O–H groups in total. The number of nitrogens with one attached hydrogen (secondary N) is 1. The van der Waals surface area contributed by atoms with Crippen molar-refractivity contribution in [3.8, 4) is 0 Å². The predicted molar refractivity (Wildman–Crippen MR) is 100 cm³/mol. The van der Waals surface area contributed by atoms with E-state index in [0.29, 0.717) is 12.0 Å². The van der Waals surface area contributed by atoms with E-state index in [1.54, 1.807) is 0 Å². The fraction of sp³-hybridized carbons (Fsp3) is 0.381. The molecular formula is C21H23N3O. The number of carbonyl (C=O) groups is 1. The van der Waals surface area contributed by atoms with E-state index in [4.69, 9.17) is 0 Å². The van der Waals surface area contributed by atoms with Crippen molar-refractivity contribution in [3.63, 3.8) is 0 Å². The molecule has 4 heteroatoms. The molecule has 0 aliphatic carbocycles. The summed E-state index contributed by atoms with van der Waals surface area (Å²) in [5, 5.41) is 4.50. The number of rotatable bonds is 2. The molecule has 1 atom stereocenters. The zero-order chi connectivity index (χ0) is 17.0. The molecule has 3 aliphatic rings. The van der Waals surface area contributed by atoms with Crippen LogP contribution in [0.25, 0.3) is 16.4 Å². The van der Waals surface area contributed by atoms with Crippen LogP contribution in [0.1, 0.15) is 28.8 Å². The van der Waals surface area contributed by atoms with Gasteiger partial charge in [-0.05, 0) is 67.9 Å². The van der Waals surface area contributed by atoms with E-state index >= 15 is 0 Å². The Kier molecular flexibility index (Phi) is 3.35. The lowest BCUT2D eigenvalue weighted by Crippen LogP contribution is -2.57. The van der Waals surface area contributed by atoms with Gasteiger partial charge in [-0.3, -0.25) is 4.79 Å². The SMILES string of the molecule is Cc1cc2ccccc2n2cc(C(=O)N[C@H]3CN4CCC3CC4)cc12. The highest BCUT2D eigenvalue weighted by Crippen LogP contribution is 2.28. The van der Waals surface area contributed by atoms with Crippen molar-refractivity contribution in [1.82, 2.24) is 14.6 Å². The van der Waals surface area contributed by atoms with Gasteiger partial charge in [0.25, 0.3) is 5.91 Å². The molecule has 3 aromatic rings. The van der Waals surface area contributed by atoms with Gasteiger partial charge in [0.1, 0.15) is 0 Å². The molecular weight excluding hydrogens is 310 g/mol. The molecule has 25 heavy (non-hydrogen) atoms. The van der Waals surface area contributed by atoms with Crippen LogP contribution in [0.5, 0.6) is 0 Å². The summed E-state index contributed by atoms with van der Waals surface area (Å²) < 4.78 is 2.15. The van der Waals surface area contributed by atoms with Gasteiger partial charge in [0.2, 0.25) is 0 Å². The Morgan fingerprint density at radius 1 is 1.12 bits per heavy atom. The molecule has 0 radical (unpaired) electrons. The number of benzene rings is 1. The molecule has 1 aromatic carbocycles. The van der Waals surface area contributed by atoms with Crippen LogP contribution in [0.4, 0.5) is 0 Å². The van der Waals surface area contributed by atoms with Crippen LogP contribution < -0.4 is 5.32 Å². The van der Waals surface area contributed by atoms with Crippen molar-refractivity contribution >= 4 is 22.3 Å². The van der Waals surface area contributed by atoms with Crippen LogP contribution in [0.3, 0.4) is 0 Å². The van der Waals surface area contributed by atoms with Crippen molar-refractivity contribution in [2.45, 2.75) is 25.8 Å². The average Bonchev–Trinajstić information content (AvgIpc) is 3.09. The minimum Gasteiger partial charge on any atom is -0.348 e. The first-order chi connectivity index (χ1) is 12.2. The summed E-state index contributed by atoms with van der Waals surface area (Å²) in [6.07, 6.45) is 4.42. The maximum atomic E-state index is 12.9. The Labute approximate surface area is 147 Å². The number of pyridine rings is 1. The Balaban J connectivity index is 1.49. The van der Waals surface area contributed by atoms with Crippen LogP contribution >= 0.6 is 0 Å². The second-order valence-electron chi connectivity index (χ2n) is 7.59. The lowest BCUT2D eigenvalue weighted by molar-refractivity contribution is 0.0620. The minimum absolute atomic E-state index is 0.0610. The highest BCUT2D eigenvalue weighted by molar-refractivity contribution is 5.97. The van der Waals surface area contributed by atoms with Crippen LogP contribution in [-0.4, -0.2) is 40.9 Å². The summed E-state index contributed by atoms with van der Waals surface area (Å²) in [7, 11) is 0. The number of aromatic nitrogens is 1. The van der Waals surface area contributed by atoms with Crippen LogP contribution in [-0.2, 0) is 0 Å². The van der Waals surface area contributed by atoms with Crippen molar-refractivity contribution in [2.24, 2.45) is 5.92 Å². The molecule has 1 amide bonds. The maximum absolute atomic E-state index is 12.9. The van der Waals surface area contributed by atoms with Crippen molar-refractivity contribution in [3.05, 3.63) is 53.7 Å². The van der Waals surface area contributed by atoms with E-state index in [-0.39, 0.29) is 5.91 Å². The first-order valence-electron chi connectivity index (χ1n) is 9.23. The summed E-state index contributed by atoms with van der Waals surface area (Å²) in [5.74, 6) is 0.708. The first-order valence-corrected chi connectivity index (χ1v) is 9.23. The molecule has 0 unspecified atom stereocenters. The predicted octanol–water partition coefficient (Wildman–Crippen LogP) is 3.22. The van der Waals surface area contributed by atoms with Gasteiger partial charge < -0.3 is 14.6 Å². The van der Waals surface area contributed by atoms with Gasteiger partial charge in [-0.15, -0.1) is 0 Å². The summed E-state index contributed by atoms with van der Waals surface area (Å²) in [6.45, 7) is 5.50. The van der Waals surface area contributed by atoms with Crippen molar-refractivity contribution in [2.75, 3.05) is 19.6 Å². The van der Waals surface area contributed by atoms with Gasteiger partial charge in [-0.25, -0.2) is 0 Å². The van der Waals surface area contributed by atoms with E-state index in [0.717, 1.165) is 23.1 Å². The van der Waals surface area contributed by atoms with Crippen LogP contribution in [0, 0.1) is 12.8 Å². The number of nitrogens with zero attached hydrogens (tertiary/aromatic N) is 2. The Bertz CT molecular complexity index is 966. The van der Waals surface area contributed by atoms with Crippen molar-refractivity contribution in [1.29, 1.82) is 0 Å². The smallest absolute Gasteiger partial charge is 0.253 e. The summed E-state index contributed by atoms with van der Waals surface area (Å²) >= 11 is 0. The molecule has 5 heterocycles. The van der Waals surface area contributed by atoms with E-state index in [1.807, 2.05) is 18.3 Å². The van der Waals surface area contributed by atoms with E-state index in [1.165, 1.54) is 36.9 Å². The van der Waals surface area contributed by atoms with E-state index in [2.05, 4.69) is 45.8 Å². The van der Waals surface area contributed by atoms with Gasteiger partial charge in [0, 0.05) is 24.3 Å². The fourth-order valence-corrected chi connectivity index (χ4v) is 4.61. The molecule has 6 rings (SSSR count). The maximum Gasteiger partial charge on any atom is 0.253 e. The Morgan fingerprint density at radius 2 is 1.92 bits per heavy atom. The standard InChI is InChI=1S/C21H23N3O/c1-14-10-16-4-2-3-5-19(16)24-12-17(11-20(14)24)21(25)22-18-13-23-8-6-15(18)7-9-23/h2-5,10-12,15,18H,6-9,13H2,1H3,(H,22,25)/t18-/m0/s1. The molecule has 3 fully saturated rings. The van der Waals surface area contributed by atoms with Gasteiger partial charge in [0.05, 0.1) is 11.1 Å². The van der Waals surface area contributed by atoms with Gasteiger partial charge >= 0.3 is 0 Å². The van der Waals surface area contributed by atoms with E-state index in [9.17, 15) is 4.79 Å². The second kappa shape index (κ2) is 5.60. The van der Waals surface area contributed by atoms with E-state index < -0.39 is 0 Å². The highest BCUT2D eigenvalue weighted by atomic mass is 16.1. The first kappa shape index (κ1) is 15.0. The highest BCUT2D eigenvalue weighted by Gasteiger charge is 2.35. The summed E-state index contributed by atoms with van der Waals surface area (Å²) in [5.41, 5.74) is 4.21. The lowest BCUT2D eigenvalue weighted by atomic mass is 9.84. The number of hydrogen-bond donors (Lipinski definition) is 1. The minimum atomic E-state index is 0.0610. The van der Waals surface area contributed by atoms with Gasteiger partial charge in [0.15, 0.2) is 0 Å². The topological polar surface area (TPSA) is 36.8 Å². The quantitative estimate of drug-likeness (QED) is 0.782. The summed E-state index contributed by atoms with van der Waals surface area (Å²) in [6, 6.07) is 12.8. The zero-order valence-corrected chi connectivity index (χ0v) is 14.5. The van der Waals surface area contributed by atoms with Crippen LogP contribution in [0.2, 0.25) is 0 Å². The molecule has 0 saturated carbocycles. The average molecular weight is 333 g/mol. The number of aryl methyl sites for hydroxylation is 1. The Morgan fingerprint density at radius 3 is 2.68 bits per heavy atom. The normalized spacial score (nSPS) is 25.6. The number of amides is 1. The molecule has 4 nitrogen and oxygen atoms in total. The number of para-hydroxylation sites is 1.